The molecule has 5 N–H and O–H groups in total. The predicted octanol–water partition coefficient (Wildman–Crippen LogP) is 0.613. The van der Waals surface area contributed by atoms with Crippen LogP contribution < -0.4 is 21.7 Å². The average molecular weight is 302 g/mol. The molecule has 5 nitrogen and oxygen atoms in total. The maximum absolute atomic E-state index is 5.67. The maximum atomic E-state index is 5.67. The monoisotopic (exact) mass is 301 g/mol. The average Bonchev–Trinajstić information content (AvgIpc) is 2.50. The van der Waals surface area contributed by atoms with Gasteiger partial charge in [0.1, 0.15) is 0 Å². The minimum absolute atomic E-state index is 0.624. The summed E-state index contributed by atoms with van der Waals surface area (Å²) in [7, 11) is 0. The molecule has 0 radical (unpaired) electrons. The molecule has 0 saturated heterocycles. The molecule has 0 amide bonds. The van der Waals surface area contributed by atoms with Gasteiger partial charge in [-0.05, 0) is 26.7 Å². The van der Waals surface area contributed by atoms with E-state index in [0.717, 1.165) is 52.4 Å². The Morgan fingerprint density at radius 2 is 1.48 bits per heavy atom. The molecule has 0 heterocycles. The van der Waals surface area contributed by atoms with Crippen LogP contribution in [0.1, 0.15) is 40.5 Å². The van der Waals surface area contributed by atoms with Gasteiger partial charge >= 0.3 is 0 Å². The molecular formula is C16H39N5. The number of nitrogens with one attached hydrogen (secondary N) is 3. The highest BCUT2D eigenvalue weighted by molar-refractivity contribution is 4.67. The Balaban J connectivity index is 3.41. The van der Waals surface area contributed by atoms with Crippen LogP contribution in [-0.2, 0) is 0 Å². The number of nitrogens with zero attached hydrogens (tertiary/aromatic N) is 1. The Hall–Kier alpha value is -0.200. The lowest BCUT2D eigenvalue weighted by Gasteiger charge is -2.27. The molecule has 0 aromatic carbocycles. The highest BCUT2D eigenvalue weighted by atomic mass is 15.2. The summed E-state index contributed by atoms with van der Waals surface area (Å²) < 4.78 is 0. The van der Waals surface area contributed by atoms with Crippen LogP contribution in [0, 0.1) is 0 Å². The zero-order valence-corrected chi connectivity index (χ0v) is 14.8. The van der Waals surface area contributed by atoms with E-state index in [2.05, 4.69) is 48.5 Å². The summed E-state index contributed by atoms with van der Waals surface area (Å²) in [5.74, 6) is 0. The normalized spacial score (nSPS) is 14.6. The smallest absolute Gasteiger partial charge is 0.0110 e. The third kappa shape index (κ3) is 12.1. The minimum atomic E-state index is 0.624. The third-order valence-corrected chi connectivity index (χ3v) is 4.09. The lowest BCUT2D eigenvalue weighted by Crippen LogP contribution is -2.42. The first kappa shape index (κ1) is 20.8. The number of hydrogen-bond acceptors (Lipinski definition) is 5. The highest BCUT2D eigenvalue weighted by Crippen LogP contribution is 2.01. The Morgan fingerprint density at radius 1 is 0.857 bits per heavy atom. The van der Waals surface area contributed by atoms with E-state index in [0.29, 0.717) is 12.1 Å². The molecule has 0 aliphatic carbocycles. The largest absolute Gasteiger partial charge is 0.329 e. The van der Waals surface area contributed by atoms with Crippen molar-refractivity contribution in [3.05, 3.63) is 0 Å². The predicted molar refractivity (Wildman–Crippen MR) is 93.9 cm³/mol. The second-order valence-corrected chi connectivity index (χ2v) is 5.85. The first-order valence-corrected chi connectivity index (χ1v) is 8.74. The summed E-state index contributed by atoms with van der Waals surface area (Å²) in [5, 5.41) is 10.4. The molecule has 0 bridgehead atoms. The second-order valence-electron chi connectivity index (χ2n) is 5.85. The van der Waals surface area contributed by atoms with Gasteiger partial charge in [0, 0.05) is 64.4 Å². The zero-order chi connectivity index (χ0) is 15.9. The van der Waals surface area contributed by atoms with E-state index in [-0.39, 0.29) is 0 Å². The Labute approximate surface area is 132 Å². The van der Waals surface area contributed by atoms with Crippen molar-refractivity contribution >= 4 is 0 Å². The molecule has 2 unspecified atom stereocenters. The highest BCUT2D eigenvalue weighted by Gasteiger charge is 2.09. The summed E-state index contributed by atoms with van der Waals surface area (Å²) in [4.78, 5) is 2.47. The Morgan fingerprint density at radius 3 is 2.05 bits per heavy atom. The van der Waals surface area contributed by atoms with Gasteiger partial charge in [0.15, 0.2) is 0 Å². The van der Waals surface area contributed by atoms with Crippen LogP contribution >= 0.6 is 0 Å². The molecule has 0 saturated carbocycles. The molecule has 0 aromatic rings. The fourth-order valence-electron chi connectivity index (χ4n) is 2.18. The van der Waals surface area contributed by atoms with Crippen molar-refractivity contribution in [3.63, 3.8) is 0 Å². The lowest BCUT2D eigenvalue weighted by molar-refractivity contribution is 0.210. The van der Waals surface area contributed by atoms with Crippen LogP contribution in [0.3, 0.4) is 0 Å². The summed E-state index contributed by atoms with van der Waals surface area (Å²) in [5.41, 5.74) is 5.67. The minimum Gasteiger partial charge on any atom is -0.329 e. The molecule has 21 heavy (non-hydrogen) atoms. The van der Waals surface area contributed by atoms with Crippen molar-refractivity contribution < 1.29 is 0 Å². The van der Waals surface area contributed by atoms with Gasteiger partial charge in [-0.15, -0.1) is 0 Å². The van der Waals surface area contributed by atoms with Crippen LogP contribution in [-0.4, -0.2) is 69.3 Å². The molecule has 0 rings (SSSR count). The molecule has 2 atom stereocenters. The summed E-state index contributed by atoms with van der Waals surface area (Å²) >= 11 is 0. The summed E-state index contributed by atoms with van der Waals surface area (Å²) in [6.07, 6.45) is 2.38. The van der Waals surface area contributed by atoms with Gasteiger partial charge in [-0.1, -0.05) is 13.8 Å². The van der Waals surface area contributed by atoms with Crippen molar-refractivity contribution in [1.82, 2.24) is 20.9 Å². The topological polar surface area (TPSA) is 65.3 Å². The van der Waals surface area contributed by atoms with E-state index in [4.69, 9.17) is 5.73 Å². The first-order valence-electron chi connectivity index (χ1n) is 8.74. The molecule has 128 valence electrons. The fourth-order valence-corrected chi connectivity index (χ4v) is 2.18. The van der Waals surface area contributed by atoms with Gasteiger partial charge in [0.05, 0.1) is 0 Å². The van der Waals surface area contributed by atoms with Crippen molar-refractivity contribution in [3.8, 4) is 0 Å². The second kappa shape index (κ2) is 14.7. The van der Waals surface area contributed by atoms with Gasteiger partial charge in [-0.2, -0.15) is 0 Å². The standard InChI is InChI=1S/C16H39N5/c1-5-15(3)20-11-10-18-8-9-19-12-14-21(13-7-17)16(4)6-2/h15-16,18-20H,5-14,17H2,1-4H3. The number of rotatable bonds is 15. The van der Waals surface area contributed by atoms with Crippen molar-refractivity contribution in [2.75, 3.05) is 52.4 Å². The Kier molecular flexibility index (Phi) is 14.6. The van der Waals surface area contributed by atoms with Crippen LogP contribution in [0.25, 0.3) is 0 Å². The van der Waals surface area contributed by atoms with Crippen LogP contribution in [0.2, 0.25) is 0 Å². The van der Waals surface area contributed by atoms with Gasteiger partial charge in [-0.25, -0.2) is 0 Å². The van der Waals surface area contributed by atoms with E-state index in [1.165, 1.54) is 12.8 Å². The van der Waals surface area contributed by atoms with Gasteiger partial charge in [0.2, 0.25) is 0 Å². The van der Waals surface area contributed by atoms with Crippen molar-refractivity contribution in [2.45, 2.75) is 52.6 Å². The molecule has 0 aliphatic rings. The molecule has 0 aliphatic heterocycles. The fraction of sp³-hybridized carbons (Fsp3) is 1.00. The number of nitrogens with two attached hydrogens (primary N) is 1. The summed E-state index contributed by atoms with van der Waals surface area (Å²) in [6.45, 7) is 17.0. The first-order chi connectivity index (χ1) is 10.2. The Bertz CT molecular complexity index is 213. The van der Waals surface area contributed by atoms with Crippen molar-refractivity contribution in [2.24, 2.45) is 5.73 Å². The molecular weight excluding hydrogens is 262 g/mol. The maximum Gasteiger partial charge on any atom is 0.0110 e. The van der Waals surface area contributed by atoms with Gasteiger partial charge in [-0.3, -0.25) is 4.90 Å². The van der Waals surface area contributed by atoms with Crippen LogP contribution in [0.4, 0.5) is 0 Å². The van der Waals surface area contributed by atoms with Gasteiger partial charge < -0.3 is 21.7 Å². The third-order valence-electron chi connectivity index (χ3n) is 4.09. The van der Waals surface area contributed by atoms with E-state index < -0.39 is 0 Å². The summed E-state index contributed by atoms with van der Waals surface area (Å²) in [6, 6.07) is 1.25. The quantitative estimate of drug-likeness (QED) is 0.334. The van der Waals surface area contributed by atoms with E-state index in [1.807, 2.05) is 0 Å². The van der Waals surface area contributed by atoms with E-state index in [1.54, 1.807) is 0 Å². The van der Waals surface area contributed by atoms with E-state index >= 15 is 0 Å². The lowest BCUT2D eigenvalue weighted by atomic mass is 10.2. The zero-order valence-electron chi connectivity index (χ0n) is 14.8. The molecule has 0 aromatic heterocycles. The van der Waals surface area contributed by atoms with E-state index in [9.17, 15) is 0 Å². The molecule has 0 spiro atoms. The van der Waals surface area contributed by atoms with Crippen molar-refractivity contribution in [1.29, 1.82) is 0 Å². The van der Waals surface area contributed by atoms with Crippen LogP contribution in [0.5, 0.6) is 0 Å². The molecule has 5 heteroatoms. The molecule has 0 fully saturated rings. The number of hydrogen-bond donors (Lipinski definition) is 4. The SMILES string of the molecule is CCC(C)NCCNCCNCCN(CCN)C(C)CC. The van der Waals surface area contributed by atoms with Crippen LogP contribution in [0.15, 0.2) is 0 Å². The van der Waals surface area contributed by atoms with Gasteiger partial charge in [0.25, 0.3) is 0 Å².